The molecule has 0 spiro atoms. The number of aryl methyl sites for hydroxylation is 1. The molecule has 1 aliphatic heterocycles. The van der Waals surface area contributed by atoms with Crippen LogP contribution in [0.4, 0.5) is 0 Å². The van der Waals surface area contributed by atoms with Crippen LogP contribution >= 0.6 is 0 Å². The van der Waals surface area contributed by atoms with Gasteiger partial charge in [0.25, 0.3) is 0 Å². The topological polar surface area (TPSA) is 74.7 Å². The Morgan fingerprint density at radius 3 is 2.71 bits per heavy atom. The number of rotatable bonds is 4. The predicted octanol–water partition coefficient (Wildman–Crippen LogP) is 1.87. The van der Waals surface area contributed by atoms with Crippen molar-refractivity contribution in [1.29, 1.82) is 0 Å². The zero-order valence-corrected chi connectivity index (χ0v) is 13.1. The van der Waals surface area contributed by atoms with Crippen molar-refractivity contribution < 1.29 is 18.3 Å². The van der Waals surface area contributed by atoms with Gasteiger partial charge in [-0.05, 0) is 24.8 Å². The summed E-state index contributed by atoms with van der Waals surface area (Å²) < 4.78 is 26.4. The number of piperidine rings is 1. The molecule has 6 heteroatoms. The van der Waals surface area contributed by atoms with Crippen LogP contribution < -0.4 is 0 Å². The van der Waals surface area contributed by atoms with Crippen LogP contribution in [0.1, 0.15) is 24.5 Å². The predicted molar refractivity (Wildman–Crippen MR) is 80.3 cm³/mol. The maximum Gasteiger partial charge on any atom is 0.307 e. The van der Waals surface area contributed by atoms with E-state index in [9.17, 15) is 13.2 Å². The monoisotopic (exact) mass is 311 g/mol. The Labute approximate surface area is 125 Å². The highest BCUT2D eigenvalue weighted by Gasteiger charge is 2.35. The third kappa shape index (κ3) is 4.04. The molecular weight excluding hydrogens is 290 g/mol. The summed E-state index contributed by atoms with van der Waals surface area (Å²) >= 11 is 0. The lowest BCUT2D eigenvalue weighted by Gasteiger charge is -2.33. The molecule has 0 radical (unpaired) electrons. The quantitative estimate of drug-likeness (QED) is 0.921. The van der Waals surface area contributed by atoms with Gasteiger partial charge in [0.05, 0.1) is 11.7 Å². The first-order valence-corrected chi connectivity index (χ1v) is 8.65. The van der Waals surface area contributed by atoms with Crippen LogP contribution in [-0.4, -0.2) is 36.9 Å². The van der Waals surface area contributed by atoms with Crippen LogP contribution in [0.2, 0.25) is 0 Å². The summed E-state index contributed by atoms with van der Waals surface area (Å²) in [5.74, 6) is -1.54. The number of aliphatic carboxylic acids is 1. The number of hydrogen-bond donors (Lipinski definition) is 1. The van der Waals surface area contributed by atoms with E-state index in [1.165, 1.54) is 4.31 Å². The van der Waals surface area contributed by atoms with E-state index in [0.717, 1.165) is 11.1 Å². The first kappa shape index (κ1) is 16.0. The Kier molecular flexibility index (Phi) is 4.68. The molecular formula is C15H21NO4S. The van der Waals surface area contributed by atoms with Crippen molar-refractivity contribution in [1.82, 2.24) is 4.31 Å². The van der Waals surface area contributed by atoms with Crippen molar-refractivity contribution in [3.05, 3.63) is 35.4 Å². The molecule has 0 amide bonds. The van der Waals surface area contributed by atoms with E-state index in [0.29, 0.717) is 13.0 Å². The Balaban J connectivity index is 2.16. The molecule has 0 bridgehead atoms. The number of carbonyl (C=O) groups is 1. The van der Waals surface area contributed by atoms with Crippen LogP contribution in [0.15, 0.2) is 24.3 Å². The minimum absolute atomic E-state index is 0.0622. The Morgan fingerprint density at radius 2 is 2.10 bits per heavy atom. The molecule has 0 aromatic heterocycles. The molecule has 21 heavy (non-hydrogen) atoms. The second kappa shape index (κ2) is 6.15. The van der Waals surface area contributed by atoms with Gasteiger partial charge in [0.15, 0.2) is 0 Å². The van der Waals surface area contributed by atoms with Crippen molar-refractivity contribution in [3.63, 3.8) is 0 Å². The van der Waals surface area contributed by atoms with Crippen molar-refractivity contribution in [2.24, 2.45) is 11.8 Å². The summed E-state index contributed by atoms with van der Waals surface area (Å²) in [5.41, 5.74) is 1.75. The average molecular weight is 311 g/mol. The zero-order chi connectivity index (χ0) is 15.6. The van der Waals surface area contributed by atoms with Gasteiger partial charge in [0.2, 0.25) is 10.0 Å². The van der Waals surface area contributed by atoms with Gasteiger partial charge in [-0.15, -0.1) is 0 Å². The molecule has 1 fully saturated rings. The zero-order valence-electron chi connectivity index (χ0n) is 12.3. The normalized spacial score (nSPS) is 23.9. The highest BCUT2D eigenvalue weighted by Crippen LogP contribution is 2.25. The fourth-order valence-electron chi connectivity index (χ4n) is 2.81. The third-order valence-corrected chi connectivity index (χ3v) is 5.58. The molecule has 1 aromatic carbocycles. The van der Waals surface area contributed by atoms with Crippen molar-refractivity contribution in [3.8, 4) is 0 Å². The number of benzene rings is 1. The summed E-state index contributed by atoms with van der Waals surface area (Å²) in [6.45, 7) is 4.29. The van der Waals surface area contributed by atoms with Crippen LogP contribution in [0, 0.1) is 18.8 Å². The molecule has 5 nitrogen and oxygen atoms in total. The second-order valence-electron chi connectivity index (χ2n) is 5.94. The number of nitrogens with zero attached hydrogens (tertiary/aromatic N) is 1. The SMILES string of the molecule is Cc1cccc(CS(=O)(=O)N2CC(C)CC(C(=O)O)C2)c1. The van der Waals surface area contributed by atoms with Crippen LogP contribution in [0.25, 0.3) is 0 Å². The maximum atomic E-state index is 12.5. The molecule has 1 heterocycles. The second-order valence-corrected chi connectivity index (χ2v) is 7.91. The molecule has 116 valence electrons. The maximum absolute atomic E-state index is 12.5. The minimum Gasteiger partial charge on any atom is -0.481 e. The summed E-state index contributed by atoms with van der Waals surface area (Å²) in [4.78, 5) is 11.2. The lowest BCUT2D eigenvalue weighted by molar-refractivity contribution is -0.143. The van der Waals surface area contributed by atoms with Gasteiger partial charge in [-0.1, -0.05) is 36.8 Å². The fourth-order valence-corrected chi connectivity index (χ4v) is 4.48. The molecule has 0 aliphatic carbocycles. The molecule has 2 atom stereocenters. The van der Waals surface area contributed by atoms with Crippen molar-refractivity contribution in [2.45, 2.75) is 26.0 Å². The summed E-state index contributed by atoms with van der Waals surface area (Å²) in [6, 6.07) is 7.38. The van der Waals surface area contributed by atoms with Crippen molar-refractivity contribution in [2.75, 3.05) is 13.1 Å². The first-order chi connectivity index (χ1) is 9.78. The number of sulfonamides is 1. The Hall–Kier alpha value is -1.40. The molecule has 1 aromatic rings. The smallest absolute Gasteiger partial charge is 0.307 e. The molecule has 1 saturated heterocycles. The number of carboxylic acids is 1. The van der Waals surface area contributed by atoms with Gasteiger partial charge >= 0.3 is 5.97 Å². The number of hydrogen-bond acceptors (Lipinski definition) is 3. The van der Waals surface area contributed by atoms with E-state index in [4.69, 9.17) is 5.11 Å². The van der Waals surface area contributed by atoms with Gasteiger partial charge in [0, 0.05) is 13.1 Å². The van der Waals surface area contributed by atoms with Crippen molar-refractivity contribution >= 4 is 16.0 Å². The fraction of sp³-hybridized carbons (Fsp3) is 0.533. The summed E-state index contributed by atoms with van der Waals surface area (Å²) in [7, 11) is -3.48. The Bertz CT molecular complexity index is 626. The highest BCUT2D eigenvalue weighted by atomic mass is 32.2. The van der Waals surface area contributed by atoms with E-state index in [1.54, 1.807) is 6.07 Å². The van der Waals surface area contributed by atoms with E-state index >= 15 is 0 Å². The largest absolute Gasteiger partial charge is 0.481 e. The van der Waals surface area contributed by atoms with Crippen LogP contribution in [0.5, 0.6) is 0 Å². The molecule has 2 rings (SSSR count). The first-order valence-electron chi connectivity index (χ1n) is 7.04. The average Bonchev–Trinajstić information content (AvgIpc) is 2.37. The minimum atomic E-state index is -3.48. The molecule has 2 unspecified atom stereocenters. The lowest BCUT2D eigenvalue weighted by Crippen LogP contribution is -2.45. The highest BCUT2D eigenvalue weighted by molar-refractivity contribution is 7.88. The lowest BCUT2D eigenvalue weighted by atomic mass is 9.92. The van der Waals surface area contributed by atoms with Gasteiger partial charge in [0.1, 0.15) is 0 Å². The van der Waals surface area contributed by atoms with Gasteiger partial charge in [-0.3, -0.25) is 4.79 Å². The summed E-state index contributed by atoms with van der Waals surface area (Å²) in [6.07, 6.45) is 0.534. The molecule has 1 N–H and O–H groups in total. The van der Waals surface area contributed by atoms with E-state index in [2.05, 4.69) is 0 Å². The van der Waals surface area contributed by atoms with E-state index < -0.39 is 21.9 Å². The van der Waals surface area contributed by atoms with Gasteiger partial charge < -0.3 is 5.11 Å². The van der Waals surface area contributed by atoms with E-state index in [1.807, 2.05) is 32.0 Å². The van der Waals surface area contributed by atoms with Gasteiger partial charge in [-0.2, -0.15) is 0 Å². The third-order valence-electron chi connectivity index (χ3n) is 3.80. The Morgan fingerprint density at radius 1 is 1.38 bits per heavy atom. The number of carboxylic acid groups (broad SMARTS) is 1. The standard InChI is InChI=1S/C15H21NO4S/c1-11-4-3-5-13(6-11)10-21(19,20)16-8-12(2)7-14(9-16)15(17)18/h3-6,12,14H,7-10H2,1-2H3,(H,17,18). The van der Waals surface area contributed by atoms with Crippen LogP contribution in [-0.2, 0) is 20.6 Å². The van der Waals surface area contributed by atoms with Crippen LogP contribution in [0.3, 0.4) is 0 Å². The van der Waals surface area contributed by atoms with E-state index in [-0.39, 0.29) is 18.2 Å². The summed E-state index contributed by atoms with van der Waals surface area (Å²) in [5, 5.41) is 9.14. The van der Waals surface area contributed by atoms with Gasteiger partial charge in [-0.25, -0.2) is 12.7 Å². The molecule has 1 aliphatic rings. The molecule has 0 saturated carbocycles.